The molecular weight excluding hydrogens is 456 g/mol. The number of benzene rings is 3. The fraction of sp³-hybridized carbons (Fsp3) is 0.241. The minimum atomic E-state index is -0.603. The summed E-state index contributed by atoms with van der Waals surface area (Å²) < 4.78 is 16.7. The van der Waals surface area contributed by atoms with Crippen molar-refractivity contribution in [3.05, 3.63) is 83.9 Å². The first-order valence-corrected chi connectivity index (χ1v) is 11.9. The van der Waals surface area contributed by atoms with E-state index in [1.807, 2.05) is 55.5 Å². The zero-order valence-corrected chi connectivity index (χ0v) is 20.7. The molecule has 186 valence electrons. The minimum absolute atomic E-state index is 0.0797. The van der Waals surface area contributed by atoms with Crippen LogP contribution in [0, 0.1) is 0 Å². The zero-order valence-electron chi connectivity index (χ0n) is 20.7. The molecule has 1 unspecified atom stereocenters. The van der Waals surface area contributed by atoms with Crippen molar-refractivity contribution in [3.63, 3.8) is 0 Å². The molecule has 0 spiro atoms. The Hall–Kier alpha value is -4.26. The molecule has 0 aromatic heterocycles. The average Bonchev–Trinajstić information content (AvgIpc) is 2.89. The zero-order chi connectivity index (χ0) is 25.5. The Kier molecular flexibility index (Phi) is 7.90. The Morgan fingerprint density at radius 3 is 2.64 bits per heavy atom. The van der Waals surface area contributed by atoms with Crippen molar-refractivity contribution in [1.29, 1.82) is 0 Å². The Balaban J connectivity index is 1.44. The fourth-order valence-corrected chi connectivity index (χ4v) is 4.02. The number of nitrogens with zero attached hydrogens (tertiary/aromatic N) is 1. The standard InChI is InChI=1S/C29H30N2O5/c1-4-35-25-14-10-22(18-27(25)34-3)11-15-28(32)30-23-12-13-24-26(19-23)36-20(2)29(33)31(24)17-16-21-8-6-5-7-9-21/h5-15,18-20H,4,16-17H2,1-3H3,(H,30,32)/b15-11+. The summed E-state index contributed by atoms with van der Waals surface area (Å²) in [6, 6.07) is 20.8. The predicted octanol–water partition coefficient (Wildman–Crippen LogP) is 5.10. The van der Waals surface area contributed by atoms with E-state index in [1.165, 1.54) is 6.08 Å². The lowest BCUT2D eigenvalue weighted by Gasteiger charge is -2.33. The second kappa shape index (κ2) is 11.4. The van der Waals surface area contributed by atoms with Crippen LogP contribution in [0.2, 0.25) is 0 Å². The lowest BCUT2D eigenvalue weighted by atomic mass is 10.1. The normalized spacial score (nSPS) is 14.8. The van der Waals surface area contributed by atoms with Crippen LogP contribution in [0.5, 0.6) is 17.2 Å². The van der Waals surface area contributed by atoms with Crippen molar-refractivity contribution >= 4 is 29.3 Å². The molecule has 0 radical (unpaired) electrons. The number of methoxy groups -OCH3 is 1. The Labute approximate surface area is 211 Å². The van der Waals surface area contributed by atoms with E-state index in [-0.39, 0.29) is 11.8 Å². The van der Waals surface area contributed by atoms with Crippen molar-refractivity contribution in [2.24, 2.45) is 0 Å². The fourth-order valence-electron chi connectivity index (χ4n) is 4.02. The molecule has 3 aromatic carbocycles. The van der Waals surface area contributed by atoms with Crippen molar-refractivity contribution in [1.82, 2.24) is 0 Å². The SMILES string of the molecule is CCOc1ccc(/C=C/C(=O)Nc2ccc3c(c2)OC(C)C(=O)N3CCc2ccccc2)cc1OC. The van der Waals surface area contributed by atoms with E-state index in [2.05, 4.69) is 5.32 Å². The maximum atomic E-state index is 12.8. The number of rotatable bonds is 9. The van der Waals surface area contributed by atoms with Gasteiger partial charge in [0.2, 0.25) is 5.91 Å². The molecule has 1 heterocycles. The van der Waals surface area contributed by atoms with E-state index in [4.69, 9.17) is 14.2 Å². The Morgan fingerprint density at radius 2 is 1.89 bits per heavy atom. The lowest BCUT2D eigenvalue weighted by Crippen LogP contribution is -2.45. The van der Waals surface area contributed by atoms with Crippen LogP contribution in [0.4, 0.5) is 11.4 Å². The molecule has 1 atom stereocenters. The van der Waals surface area contributed by atoms with Gasteiger partial charge in [-0.15, -0.1) is 0 Å². The number of amides is 2. The van der Waals surface area contributed by atoms with E-state index in [0.29, 0.717) is 41.8 Å². The maximum absolute atomic E-state index is 12.8. The lowest BCUT2D eigenvalue weighted by molar-refractivity contribution is -0.125. The Morgan fingerprint density at radius 1 is 1.08 bits per heavy atom. The summed E-state index contributed by atoms with van der Waals surface area (Å²) in [5.41, 5.74) is 3.24. The van der Waals surface area contributed by atoms with Crippen LogP contribution in [0.15, 0.2) is 72.8 Å². The third kappa shape index (κ3) is 5.86. The number of carbonyl (C=O) groups is 2. The van der Waals surface area contributed by atoms with Gasteiger partial charge >= 0.3 is 0 Å². The van der Waals surface area contributed by atoms with E-state index < -0.39 is 6.10 Å². The van der Waals surface area contributed by atoms with Crippen LogP contribution in [0.25, 0.3) is 6.08 Å². The average molecular weight is 487 g/mol. The van der Waals surface area contributed by atoms with Gasteiger partial charge in [-0.25, -0.2) is 0 Å². The van der Waals surface area contributed by atoms with Crippen molar-refractivity contribution < 1.29 is 23.8 Å². The van der Waals surface area contributed by atoms with Gasteiger partial charge in [0.15, 0.2) is 17.6 Å². The highest BCUT2D eigenvalue weighted by Crippen LogP contribution is 2.36. The largest absolute Gasteiger partial charge is 0.493 e. The molecule has 36 heavy (non-hydrogen) atoms. The second-order valence-electron chi connectivity index (χ2n) is 8.33. The second-order valence-corrected chi connectivity index (χ2v) is 8.33. The summed E-state index contributed by atoms with van der Waals surface area (Å²) in [6.07, 6.45) is 3.29. The molecule has 1 aliphatic rings. The molecule has 7 heteroatoms. The molecule has 3 aromatic rings. The smallest absolute Gasteiger partial charge is 0.267 e. The third-order valence-electron chi connectivity index (χ3n) is 5.82. The molecular formula is C29H30N2O5. The molecule has 1 N–H and O–H groups in total. The molecule has 0 bridgehead atoms. The van der Waals surface area contributed by atoms with Crippen molar-refractivity contribution in [2.75, 3.05) is 30.5 Å². The van der Waals surface area contributed by atoms with Crippen LogP contribution >= 0.6 is 0 Å². The molecule has 0 fully saturated rings. The quantitative estimate of drug-likeness (QED) is 0.426. The summed E-state index contributed by atoms with van der Waals surface area (Å²) in [5, 5.41) is 2.86. The van der Waals surface area contributed by atoms with Gasteiger partial charge in [0, 0.05) is 24.4 Å². The highest BCUT2D eigenvalue weighted by molar-refractivity contribution is 6.03. The van der Waals surface area contributed by atoms with Crippen LogP contribution in [-0.4, -0.2) is 38.2 Å². The number of fused-ring (bicyclic) bond motifs is 1. The number of anilines is 2. The predicted molar refractivity (Wildman–Crippen MR) is 141 cm³/mol. The summed E-state index contributed by atoms with van der Waals surface area (Å²) in [7, 11) is 1.58. The van der Waals surface area contributed by atoms with Gasteiger partial charge < -0.3 is 24.4 Å². The van der Waals surface area contributed by atoms with E-state index in [0.717, 1.165) is 17.5 Å². The Bertz CT molecular complexity index is 1260. The number of hydrogen-bond acceptors (Lipinski definition) is 5. The van der Waals surface area contributed by atoms with Crippen LogP contribution in [0.3, 0.4) is 0 Å². The van der Waals surface area contributed by atoms with Gasteiger partial charge in [0.05, 0.1) is 19.4 Å². The maximum Gasteiger partial charge on any atom is 0.267 e. The molecule has 4 rings (SSSR count). The van der Waals surface area contributed by atoms with E-state index >= 15 is 0 Å². The summed E-state index contributed by atoms with van der Waals surface area (Å²) in [5.74, 6) is 1.45. The summed E-state index contributed by atoms with van der Waals surface area (Å²) >= 11 is 0. The summed E-state index contributed by atoms with van der Waals surface area (Å²) in [4.78, 5) is 27.1. The number of nitrogens with one attached hydrogen (secondary N) is 1. The van der Waals surface area contributed by atoms with E-state index in [1.54, 1.807) is 43.2 Å². The first-order valence-electron chi connectivity index (χ1n) is 11.9. The minimum Gasteiger partial charge on any atom is -0.493 e. The number of carbonyl (C=O) groups excluding carboxylic acids is 2. The molecule has 0 saturated carbocycles. The van der Waals surface area contributed by atoms with Crippen molar-refractivity contribution in [2.45, 2.75) is 26.4 Å². The third-order valence-corrected chi connectivity index (χ3v) is 5.82. The van der Waals surface area contributed by atoms with Gasteiger partial charge in [-0.1, -0.05) is 36.4 Å². The van der Waals surface area contributed by atoms with E-state index in [9.17, 15) is 9.59 Å². The van der Waals surface area contributed by atoms with Gasteiger partial charge in [-0.2, -0.15) is 0 Å². The van der Waals surface area contributed by atoms with Crippen molar-refractivity contribution in [3.8, 4) is 17.2 Å². The van der Waals surface area contributed by atoms with Crippen LogP contribution in [-0.2, 0) is 16.0 Å². The van der Waals surface area contributed by atoms with Crippen LogP contribution in [0.1, 0.15) is 25.0 Å². The molecule has 2 amide bonds. The molecule has 7 nitrogen and oxygen atoms in total. The highest BCUT2D eigenvalue weighted by Gasteiger charge is 2.31. The molecule has 1 aliphatic heterocycles. The van der Waals surface area contributed by atoms with Crippen LogP contribution < -0.4 is 24.4 Å². The van der Waals surface area contributed by atoms with Gasteiger partial charge in [-0.3, -0.25) is 9.59 Å². The monoisotopic (exact) mass is 486 g/mol. The van der Waals surface area contributed by atoms with Gasteiger partial charge in [0.25, 0.3) is 5.91 Å². The first-order chi connectivity index (χ1) is 17.5. The topological polar surface area (TPSA) is 77.1 Å². The van der Waals surface area contributed by atoms with Gasteiger partial charge in [-0.05, 0) is 61.7 Å². The first kappa shape index (κ1) is 24.9. The highest BCUT2D eigenvalue weighted by atomic mass is 16.5. The molecule has 0 saturated heterocycles. The summed E-state index contributed by atoms with van der Waals surface area (Å²) in [6.45, 7) is 4.73. The van der Waals surface area contributed by atoms with Gasteiger partial charge in [0.1, 0.15) is 5.75 Å². The molecule has 0 aliphatic carbocycles. The number of hydrogen-bond donors (Lipinski definition) is 1. The number of ether oxygens (including phenoxy) is 3.